The highest BCUT2D eigenvalue weighted by atomic mass is 16.1. The average Bonchev–Trinajstić information content (AvgIpc) is 2.20. The Bertz CT molecular complexity index is 191. The fraction of sp³-hybridized carbons (Fsp3) is 0.583. The van der Waals surface area contributed by atoms with E-state index in [-0.39, 0.29) is 5.41 Å². The van der Waals surface area contributed by atoms with Crippen LogP contribution in [0.15, 0.2) is 24.3 Å². The summed E-state index contributed by atoms with van der Waals surface area (Å²) in [7, 11) is 0. The molecule has 1 atom stereocenters. The highest BCUT2D eigenvalue weighted by molar-refractivity contribution is 5.63. The van der Waals surface area contributed by atoms with Gasteiger partial charge in [-0.25, -0.2) is 0 Å². The molecule has 0 aliphatic carbocycles. The van der Waals surface area contributed by atoms with Gasteiger partial charge in [-0.3, -0.25) is 0 Å². The van der Waals surface area contributed by atoms with Gasteiger partial charge in [0.25, 0.3) is 0 Å². The maximum atomic E-state index is 11.0. The fourth-order valence-corrected chi connectivity index (χ4v) is 1.19. The zero-order valence-corrected chi connectivity index (χ0v) is 8.92. The van der Waals surface area contributed by atoms with Crippen molar-refractivity contribution in [3.63, 3.8) is 0 Å². The van der Waals surface area contributed by atoms with Crippen LogP contribution in [0.5, 0.6) is 0 Å². The van der Waals surface area contributed by atoms with Gasteiger partial charge in [0.15, 0.2) is 0 Å². The van der Waals surface area contributed by atoms with Crippen LogP contribution >= 0.6 is 0 Å². The van der Waals surface area contributed by atoms with E-state index >= 15 is 0 Å². The monoisotopic (exact) mass is 180 g/mol. The van der Waals surface area contributed by atoms with E-state index in [0.717, 1.165) is 25.5 Å². The van der Waals surface area contributed by atoms with E-state index in [9.17, 15) is 4.79 Å². The second-order valence-electron chi connectivity index (χ2n) is 3.29. The van der Waals surface area contributed by atoms with Crippen molar-refractivity contribution in [3.05, 3.63) is 24.3 Å². The van der Waals surface area contributed by atoms with E-state index in [1.54, 1.807) is 0 Å². The van der Waals surface area contributed by atoms with Crippen molar-refractivity contribution in [2.75, 3.05) is 0 Å². The average molecular weight is 180 g/mol. The first-order valence-corrected chi connectivity index (χ1v) is 4.99. The first-order valence-electron chi connectivity index (χ1n) is 4.99. The third-order valence-corrected chi connectivity index (χ3v) is 2.31. The number of carbonyl (C=O) groups is 1. The van der Waals surface area contributed by atoms with Crippen molar-refractivity contribution in [2.24, 2.45) is 5.41 Å². The van der Waals surface area contributed by atoms with Gasteiger partial charge in [-0.2, -0.15) is 0 Å². The molecule has 0 saturated carbocycles. The molecule has 1 unspecified atom stereocenters. The second-order valence-corrected chi connectivity index (χ2v) is 3.29. The molecular formula is C12H20O. The number of hydrogen-bond acceptors (Lipinski definition) is 1. The Labute approximate surface area is 81.5 Å². The highest BCUT2D eigenvalue weighted by Crippen LogP contribution is 2.26. The largest absolute Gasteiger partial charge is 0.302 e. The van der Waals surface area contributed by atoms with Gasteiger partial charge in [0.1, 0.15) is 6.29 Å². The standard InChI is InChI=1S/C12H20O/c1-4-7-9-12(6-3,11-13)10-8-5-2/h4,7-8,10-11H,5-6,9H2,1-3H3/b7-4+,10-8+. The van der Waals surface area contributed by atoms with Crippen LogP contribution < -0.4 is 0 Å². The van der Waals surface area contributed by atoms with Crippen molar-refractivity contribution >= 4 is 6.29 Å². The maximum absolute atomic E-state index is 11.0. The van der Waals surface area contributed by atoms with Crippen LogP contribution in [0.4, 0.5) is 0 Å². The Morgan fingerprint density at radius 3 is 2.31 bits per heavy atom. The predicted octanol–water partition coefficient (Wildman–Crippen LogP) is 3.51. The third kappa shape index (κ3) is 4.07. The van der Waals surface area contributed by atoms with Crippen LogP contribution in [0.2, 0.25) is 0 Å². The van der Waals surface area contributed by atoms with Crippen LogP contribution in [0, 0.1) is 5.41 Å². The predicted molar refractivity (Wildman–Crippen MR) is 57.7 cm³/mol. The summed E-state index contributed by atoms with van der Waals surface area (Å²) in [6, 6.07) is 0. The first-order chi connectivity index (χ1) is 6.24. The summed E-state index contributed by atoms with van der Waals surface area (Å²) >= 11 is 0. The number of carbonyl (C=O) groups excluding carboxylic acids is 1. The number of rotatable bonds is 6. The molecule has 0 aromatic heterocycles. The zero-order chi connectivity index (χ0) is 10.2. The summed E-state index contributed by atoms with van der Waals surface area (Å²) in [6.07, 6.45) is 11.9. The Morgan fingerprint density at radius 2 is 1.92 bits per heavy atom. The third-order valence-electron chi connectivity index (χ3n) is 2.31. The molecule has 0 aromatic rings. The SMILES string of the molecule is C/C=C/CC(C=O)(/C=C/CC)CC. The molecule has 0 aliphatic heterocycles. The molecule has 0 aliphatic rings. The summed E-state index contributed by atoms with van der Waals surface area (Å²) in [4.78, 5) is 11.0. The summed E-state index contributed by atoms with van der Waals surface area (Å²) in [5.74, 6) is 0. The summed E-state index contributed by atoms with van der Waals surface area (Å²) in [6.45, 7) is 6.12. The van der Waals surface area contributed by atoms with E-state index in [4.69, 9.17) is 0 Å². The smallest absolute Gasteiger partial charge is 0.130 e. The van der Waals surface area contributed by atoms with E-state index < -0.39 is 0 Å². The van der Waals surface area contributed by atoms with Crippen molar-refractivity contribution < 1.29 is 4.79 Å². The lowest BCUT2D eigenvalue weighted by Gasteiger charge is -2.20. The maximum Gasteiger partial charge on any atom is 0.130 e. The number of allylic oxidation sites excluding steroid dienone is 4. The van der Waals surface area contributed by atoms with Crippen LogP contribution in [0.3, 0.4) is 0 Å². The van der Waals surface area contributed by atoms with Gasteiger partial charge in [-0.1, -0.05) is 38.2 Å². The summed E-state index contributed by atoms with van der Waals surface area (Å²) in [5, 5.41) is 0. The number of aldehydes is 1. The molecule has 0 fully saturated rings. The lowest BCUT2D eigenvalue weighted by molar-refractivity contribution is -0.114. The lowest BCUT2D eigenvalue weighted by atomic mass is 9.82. The number of hydrogen-bond donors (Lipinski definition) is 0. The molecular weight excluding hydrogens is 160 g/mol. The molecule has 0 radical (unpaired) electrons. The highest BCUT2D eigenvalue weighted by Gasteiger charge is 2.21. The minimum absolute atomic E-state index is 0.261. The molecule has 0 spiro atoms. The Morgan fingerprint density at radius 1 is 1.23 bits per heavy atom. The van der Waals surface area contributed by atoms with E-state index in [0.29, 0.717) is 0 Å². The molecule has 0 amide bonds. The minimum Gasteiger partial charge on any atom is -0.302 e. The molecule has 0 saturated heterocycles. The molecule has 13 heavy (non-hydrogen) atoms. The van der Waals surface area contributed by atoms with Gasteiger partial charge in [0.05, 0.1) is 0 Å². The Balaban J connectivity index is 4.48. The van der Waals surface area contributed by atoms with E-state index in [1.165, 1.54) is 0 Å². The van der Waals surface area contributed by atoms with Gasteiger partial charge in [0, 0.05) is 5.41 Å². The van der Waals surface area contributed by atoms with Gasteiger partial charge >= 0.3 is 0 Å². The molecule has 0 aromatic carbocycles. The molecule has 1 nitrogen and oxygen atoms in total. The Kier molecular flexibility index (Phi) is 6.21. The van der Waals surface area contributed by atoms with Crippen LogP contribution in [-0.2, 0) is 4.79 Å². The van der Waals surface area contributed by atoms with Crippen molar-refractivity contribution in [2.45, 2.75) is 40.0 Å². The summed E-state index contributed by atoms with van der Waals surface area (Å²) < 4.78 is 0. The molecule has 0 rings (SSSR count). The molecule has 74 valence electrons. The molecule has 0 heterocycles. The first kappa shape index (κ1) is 12.2. The minimum atomic E-state index is -0.261. The van der Waals surface area contributed by atoms with Gasteiger partial charge in [-0.05, 0) is 26.2 Å². The molecule has 0 bridgehead atoms. The van der Waals surface area contributed by atoms with Gasteiger partial charge in [-0.15, -0.1) is 0 Å². The van der Waals surface area contributed by atoms with Gasteiger partial charge < -0.3 is 4.79 Å². The van der Waals surface area contributed by atoms with Crippen molar-refractivity contribution in [3.8, 4) is 0 Å². The van der Waals surface area contributed by atoms with Crippen LogP contribution in [0.1, 0.15) is 40.0 Å². The van der Waals surface area contributed by atoms with Crippen molar-refractivity contribution in [1.82, 2.24) is 0 Å². The van der Waals surface area contributed by atoms with E-state index in [1.807, 2.05) is 19.1 Å². The quantitative estimate of drug-likeness (QED) is 0.451. The second kappa shape index (κ2) is 6.64. The summed E-state index contributed by atoms with van der Waals surface area (Å²) in [5.41, 5.74) is -0.261. The molecule has 1 heteroatoms. The van der Waals surface area contributed by atoms with Gasteiger partial charge in [0.2, 0.25) is 0 Å². The molecule has 0 N–H and O–H groups in total. The topological polar surface area (TPSA) is 17.1 Å². The van der Waals surface area contributed by atoms with E-state index in [2.05, 4.69) is 26.0 Å². The van der Waals surface area contributed by atoms with Crippen LogP contribution in [0.25, 0.3) is 0 Å². The Hall–Kier alpha value is -0.850. The van der Waals surface area contributed by atoms with Crippen LogP contribution in [-0.4, -0.2) is 6.29 Å². The van der Waals surface area contributed by atoms with Crippen molar-refractivity contribution in [1.29, 1.82) is 0 Å². The lowest BCUT2D eigenvalue weighted by Crippen LogP contribution is -2.17. The fourth-order valence-electron chi connectivity index (χ4n) is 1.19. The normalized spacial score (nSPS) is 16.5. The zero-order valence-electron chi connectivity index (χ0n) is 8.92.